The van der Waals surface area contributed by atoms with Crippen molar-refractivity contribution in [3.05, 3.63) is 63.8 Å². The summed E-state index contributed by atoms with van der Waals surface area (Å²) >= 11 is 11.8. The number of halogens is 2. The Morgan fingerprint density at radius 3 is 2.57 bits per heavy atom. The van der Waals surface area contributed by atoms with Crippen molar-refractivity contribution in [3.8, 4) is 22.8 Å². The Bertz CT molecular complexity index is 1030. The predicted molar refractivity (Wildman–Crippen MR) is 109 cm³/mol. The van der Waals surface area contributed by atoms with Crippen LogP contribution in [0, 0.1) is 0 Å². The largest absolute Gasteiger partial charge is 0.493 e. The van der Waals surface area contributed by atoms with E-state index in [1.807, 2.05) is 6.07 Å². The zero-order valence-electron chi connectivity index (χ0n) is 15.0. The van der Waals surface area contributed by atoms with Crippen LogP contribution in [0.1, 0.15) is 16.1 Å². The summed E-state index contributed by atoms with van der Waals surface area (Å²) in [7, 11) is 3.12. The number of benzene rings is 2. The molecule has 0 saturated carbocycles. The van der Waals surface area contributed by atoms with Crippen LogP contribution in [0.4, 0.5) is 0 Å². The average Bonchev–Trinajstić information content (AvgIpc) is 3.20. The summed E-state index contributed by atoms with van der Waals surface area (Å²) in [6.07, 6.45) is 1.46. The molecular formula is C19H16Cl2N4O3. The first-order valence-electron chi connectivity index (χ1n) is 8.08. The second-order valence-corrected chi connectivity index (χ2v) is 6.42. The molecule has 0 atom stereocenters. The van der Waals surface area contributed by atoms with Gasteiger partial charge in [-0.15, -0.1) is 0 Å². The molecule has 2 aromatic carbocycles. The van der Waals surface area contributed by atoms with Crippen molar-refractivity contribution in [2.45, 2.75) is 0 Å². The molecule has 28 heavy (non-hydrogen) atoms. The number of nitrogens with zero attached hydrogens (tertiary/aromatic N) is 2. The third kappa shape index (κ3) is 4.44. The molecule has 1 aromatic heterocycles. The van der Waals surface area contributed by atoms with Crippen molar-refractivity contribution in [1.82, 2.24) is 15.6 Å². The van der Waals surface area contributed by atoms with Crippen LogP contribution in [0.15, 0.2) is 47.6 Å². The third-order valence-corrected chi connectivity index (χ3v) is 4.56. The van der Waals surface area contributed by atoms with E-state index in [1.54, 1.807) is 50.6 Å². The van der Waals surface area contributed by atoms with E-state index in [0.717, 1.165) is 5.56 Å². The normalized spacial score (nSPS) is 10.9. The molecule has 0 aliphatic heterocycles. The number of methoxy groups -OCH3 is 2. The van der Waals surface area contributed by atoms with Gasteiger partial charge in [0.25, 0.3) is 5.91 Å². The molecule has 3 aromatic rings. The monoisotopic (exact) mass is 418 g/mol. The minimum absolute atomic E-state index is 0.260. The number of carbonyl (C=O) groups excluding carboxylic acids is 1. The number of rotatable bonds is 6. The van der Waals surface area contributed by atoms with Crippen LogP contribution in [0.25, 0.3) is 11.3 Å². The lowest BCUT2D eigenvalue weighted by atomic mass is 10.1. The molecule has 144 valence electrons. The topological polar surface area (TPSA) is 88.6 Å². The Morgan fingerprint density at radius 2 is 1.86 bits per heavy atom. The van der Waals surface area contributed by atoms with Crippen LogP contribution in [0.5, 0.6) is 11.5 Å². The number of hydrogen-bond donors (Lipinski definition) is 2. The van der Waals surface area contributed by atoms with E-state index in [0.29, 0.717) is 32.8 Å². The molecule has 0 spiro atoms. The van der Waals surface area contributed by atoms with Gasteiger partial charge in [0.05, 0.1) is 36.2 Å². The molecule has 9 heteroatoms. The van der Waals surface area contributed by atoms with E-state index in [2.05, 4.69) is 20.7 Å². The first kappa shape index (κ1) is 19.7. The SMILES string of the molecule is COc1ccc(-c2cc(C(=O)N/N=C/c3ccc(Cl)c(Cl)c3)[nH]n2)cc1OC. The van der Waals surface area contributed by atoms with Crippen molar-refractivity contribution in [1.29, 1.82) is 0 Å². The van der Waals surface area contributed by atoms with Gasteiger partial charge in [0.15, 0.2) is 11.5 Å². The first-order valence-corrected chi connectivity index (χ1v) is 8.83. The number of amides is 1. The van der Waals surface area contributed by atoms with Gasteiger partial charge in [0, 0.05) is 5.56 Å². The van der Waals surface area contributed by atoms with Crippen molar-refractivity contribution >= 4 is 35.3 Å². The first-order chi connectivity index (χ1) is 13.5. The molecule has 0 aliphatic rings. The number of hydrazone groups is 1. The molecule has 7 nitrogen and oxygen atoms in total. The number of H-pyrrole nitrogens is 1. The van der Waals surface area contributed by atoms with Gasteiger partial charge in [-0.05, 0) is 42.0 Å². The van der Waals surface area contributed by atoms with Crippen LogP contribution in [-0.4, -0.2) is 36.5 Å². The van der Waals surface area contributed by atoms with Gasteiger partial charge in [-0.25, -0.2) is 5.43 Å². The lowest BCUT2D eigenvalue weighted by molar-refractivity contribution is 0.0950. The van der Waals surface area contributed by atoms with Crippen LogP contribution in [0.3, 0.4) is 0 Å². The highest BCUT2D eigenvalue weighted by Crippen LogP contribution is 2.31. The van der Waals surface area contributed by atoms with Crippen molar-refractivity contribution in [3.63, 3.8) is 0 Å². The quantitative estimate of drug-likeness (QED) is 0.464. The van der Waals surface area contributed by atoms with Gasteiger partial charge >= 0.3 is 0 Å². The second-order valence-electron chi connectivity index (χ2n) is 5.61. The van der Waals surface area contributed by atoms with Gasteiger partial charge in [-0.3, -0.25) is 9.89 Å². The highest BCUT2D eigenvalue weighted by Gasteiger charge is 2.12. The van der Waals surface area contributed by atoms with E-state index >= 15 is 0 Å². The number of nitrogens with one attached hydrogen (secondary N) is 2. The smallest absolute Gasteiger partial charge is 0.289 e. The van der Waals surface area contributed by atoms with Crippen molar-refractivity contribution in [2.24, 2.45) is 5.10 Å². The number of aromatic nitrogens is 2. The van der Waals surface area contributed by atoms with Gasteiger partial charge in [0.1, 0.15) is 5.69 Å². The number of carbonyl (C=O) groups is 1. The summed E-state index contributed by atoms with van der Waals surface area (Å²) in [5, 5.41) is 11.6. The Hall–Kier alpha value is -3.03. The summed E-state index contributed by atoms with van der Waals surface area (Å²) in [5.74, 6) is 0.743. The zero-order chi connectivity index (χ0) is 20.1. The molecule has 0 radical (unpaired) electrons. The van der Waals surface area contributed by atoms with E-state index < -0.39 is 5.91 Å². The highest BCUT2D eigenvalue weighted by atomic mass is 35.5. The fourth-order valence-corrected chi connectivity index (χ4v) is 2.71. The molecule has 0 aliphatic carbocycles. The van der Waals surface area contributed by atoms with Crippen LogP contribution in [0.2, 0.25) is 10.0 Å². The van der Waals surface area contributed by atoms with Crippen molar-refractivity contribution in [2.75, 3.05) is 14.2 Å². The number of hydrogen-bond acceptors (Lipinski definition) is 5. The zero-order valence-corrected chi connectivity index (χ0v) is 16.5. The molecule has 0 fully saturated rings. The fraction of sp³-hybridized carbons (Fsp3) is 0.105. The Morgan fingerprint density at radius 1 is 1.07 bits per heavy atom. The van der Waals surface area contributed by atoms with Crippen LogP contribution >= 0.6 is 23.2 Å². The maximum Gasteiger partial charge on any atom is 0.289 e. The molecule has 0 bridgehead atoms. The summed E-state index contributed by atoms with van der Waals surface area (Å²) in [5.41, 5.74) is 4.74. The standard InChI is InChI=1S/C19H16Cl2N4O3/c1-27-17-6-4-12(8-18(17)28-2)15-9-16(24-23-15)19(26)25-22-10-11-3-5-13(20)14(21)7-11/h3-10H,1-2H3,(H,23,24)(H,25,26)/b22-10+. The minimum atomic E-state index is -0.435. The molecule has 3 rings (SSSR count). The molecule has 2 N–H and O–H groups in total. The maximum absolute atomic E-state index is 12.2. The molecular weight excluding hydrogens is 403 g/mol. The van der Waals surface area contributed by atoms with Crippen LogP contribution < -0.4 is 14.9 Å². The Kier molecular flexibility index (Phi) is 6.18. The summed E-state index contributed by atoms with van der Waals surface area (Å²) in [6.45, 7) is 0. The maximum atomic E-state index is 12.2. The van der Waals surface area contributed by atoms with Crippen molar-refractivity contribution < 1.29 is 14.3 Å². The van der Waals surface area contributed by atoms with E-state index in [-0.39, 0.29) is 5.69 Å². The minimum Gasteiger partial charge on any atom is -0.493 e. The molecule has 1 heterocycles. The highest BCUT2D eigenvalue weighted by molar-refractivity contribution is 6.42. The Labute approximate surface area is 171 Å². The van der Waals surface area contributed by atoms with Gasteiger partial charge in [-0.2, -0.15) is 10.2 Å². The Balaban J connectivity index is 1.70. The molecule has 0 saturated heterocycles. The van der Waals surface area contributed by atoms with Gasteiger partial charge in [0.2, 0.25) is 0 Å². The van der Waals surface area contributed by atoms with Gasteiger partial charge < -0.3 is 9.47 Å². The summed E-state index contributed by atoms with van der Waals surface area (Å²) in [6, 6.07) is 12.0. The summed E-state index contributed by atoms with van der Waals surface area (Å²) < 4.78 is 10.5. The molecule has 0 unspecified atom stereocenters. The van der Waals surface area contributed by atoms with E-state index in [1.165, 1.54) is 6.21 Å². The average molecular weight is 419 g/mol. The van der Waals surface area contributed by atoms with E-state index in [4.69, 9.17) is 32.7 Å². The fourth-order valence-electron chi connectivity index (χ4n) is 2.40. The molecule has 1 amide bonds. The van der Waals surface area contributed by atoms with E-state index in [9.17, 15) is 4.79 Å². The van der Waals surface area contributed by atoms with Crippen LogP contribution in [-0.2, 0) is 0 Å². The lowest BCUT2D eigenvalue weighted by Gasteiger charge is -2.08. The third-order valence-electron chi connectivity index (χ3n) is 3.83. The predicted octanol–water partition coefficient (Wildman–Crippen LogP) is 4.16. The van der Waals surface area contributed by atoms with Gasteiger partial charge in [-0.1, -0.05) is 29.3 Å². The lowest BCUT2D eigenvalue weighted by Crippen LogP contribution is -2.18. The number of ether oxygens (including phenoxy) is 2. The second kappa shape index (κ2) is 8.77. The number of aromatic amines is 1. The summed E-state index contributed by atoms with van der Waals surface area (Å²) in [4.78, 5) is 12.2.